The molecule has 4 rings (SSSR count). The third-order valence-corrected chi connectivity index (χ3v) is 5.75. The molecule has 0 bridgehead atoms. The maximum absolute atomic E-state index is 13.3. The van der Waals surface area contributed by atoms with Gasteiger partial charge in [0.2, 0.25) is 0 Å². The molecule has 1 amide bonds. The molecule has 8 heteroatoms. The molecule has 7 nitrogen and oxygen atoms in total. The number of hydrogen-bond donors (Lipinski definition) is 1. The molecule has 1 aromatic carbocycles. The Balaban J connectivity index is 1.80. The summed E-state index contributed by atoms with van der Waals surface area (Å²) in [6.45, 7) is 5.87. The number of nitrogens with one attached hydrogen (secondary N) is 1. The molecule has 0 fully saturated rings. The Morgan fingerprint density at radius 1 is 1.03 bits per heavy atom. The molecule has 3 aromatic heterocycles. The summed E-state index contributed by atoms with van der Waals surface area (Å²) >= 11 is 1.69. The Labute approximate surface area is 177 Å². The predicted octanol–water partition coefficient (Wildman–Crippen LogP) is 5.15. The minimum Gasteiger partial charge on any atom is -0.497 e. The molecule has 0 spiro atoms. The molecular weight excluding hydrogens is 402 g/mol. The number of fused-ring (bicyclic) bond motifs is 1. The monoisotopic (exact) mass is 423 g/mol. The van der Waals surface area contributed by atoms with Gasteiger partial charge in [-0.2, -0.15) is 0 Å². The van der Waals surface area contributed by atoms with Crippen LogP contribution in [0.5, 0.6) is 11.5 Å². The van der Waals surface area contributed by atoms with E-state index in [0.29, 0.717) is 45.2 Å². The van der Waals surface area contributed by atoms with Crippen LogP contribution in [-0.4, -0.2) is 30.3 Å². The summed E-state index contributed by atoms with van der Waals surface area (Å²) < 4.78 is 16.0. The fourth-order valence-electron chi connectivity index (χ4n) is 3.37. The van der Waals surface area contributed by atoms with Gasteiger partial charge in [0, 0.05) is 39.2 Å². The van der Waals surface area contributed by atoms with Crippen LogP contribution in [0, 0.1) is 20.8 Å². The van der Waals surface area contributed by atoms with Crippen molar-refractivity contribution in [2.75, 3.05) is 19.5 Å². The SMILES string of the molecule is COc1cc(NC(=O)c2cc(-c3cc(C)sc3C)nc3onc(C)c23)cc(OC)c1. The van der Waals surface area contributed by atoms with Crippen molar-refractivity contribution in [3.8, 4) is 22.8 Å². The quantitative estimate of drug-likeness (QED) is 0.478. The standard InChI is InChI=1S/C22H21N3O4S/c1-11-6-17(13(3)30-11)19-10-18(20-12(2)25-29-22(20)24-19)21(26)23-14-7-15(27-4)9-16(8-14)28-5/h6-10H,1-5H3,(H,23,26). The van der Waals surface area contributed by atoms with Gasteiger partial charge in [0.05, 0.1) is 36.6 Å². The number of ether oxygens (including phenoxy) is 2. The van der Waals surface area contributed by atoms with Crippen molar-refractivity contribution in [2.45, 2.75) is 20.8 Å². The lowest BCUT2D eigenvalue weighted by molar-refractivity contribution is 0.102. The molecule has 4 aromatic rings. The van der Waals surface area contributed by atoms with Gasteiger partial charge in [0.1, 0.15) is 11.5 Å². The van der Waals surface area contributed by atoms with Crippen LogP contribution in [0.25, 0.3) is 22.4 Å². The normalized spacial score (nSPS) is 11.0. The van der Waals surface area contributed by atoms with Gasteiger partial charge in [-0.05, 0) is 32.9 Å². The largest absolute Gasteiger partial charge is 0.497 e. The summed E-state index contributed by atoms with van der Waals surface area (Å²) in [5, 5.41) is 7.52. The van der Waals surface area contributed by atoms with Crippen LogP contribution in [0.3, 0.4) is 0 Å². The highest BCUT2D eigenvalue weighted by Crippen LogP contribution is 2.33. The predicted molar refractivity (Wildman–Crippen MR) is 117 cm³/mol. The van der Waals surface area contributed by atoms with Crippen LogP contribution < -0.4 is 14.8 Å². The Morgan fingerprint density at radius 2 is 1.73 bits per heavy atom. The summed E-state index contributed by atoms with van der Waals surface area (Å²) in [7, 11) is 3.12. The van der Waals surface area contributed by atoms with Gasteiger partial charge in [-0.15, -0.1) is 11.3 Å². The van der Waals surface area contributed by atoms with Gasteiger partial charge in [-0.3, -0.25) is 4.79 Å². The molecule has 3 heterocycles. The second-order valence-corrected chi connectivity index (χ2v) is 8.35. The van der Waals surface area contributed by atoms with Crippen LogP contribution in [0.1, 0.15) is 25.8 Å². The zero-order valence-corrected chi connectivity index (χ0v) is 18.1. The van der Waals surface area contributed by atoms with E-state index in [1.807, 2.05) is 13.8 Å². The Morgan fingerprint density at radius 3 is 2.33 bits per heavy atom. The minimum absolute atomic E-state index is 0.296. The molecule has 154 valence electrons. The number of methoxy groups -OCH3 is 2. The first-order valence-corrected chi connectivity index (χ1v) is 10.1. The molecule has 0 aliphatic rings. The fourth-order valence-corrected chi connectivity index (χ4v) is 4.31. The van der Waals surface area contributed by atoms with E-state index in [-0.39, 0.29) is 5.91 Å². The Kier molecular flexibility index (Phi) is 5.17. The van der Waals surface area contributed by atoms with Crippen molar-refractivity contribution in [3.63, 3.8) is 0 Å². The zero-order chi connectivity index (χ0) is 21.4. The minimum atomic E-state index is -0.296. The van der Waals surface area contributed by atoms with E-state index in [2.05, 4.69) is 21.5 Å². The highest BCUT2D eigenvalue weighted by molar-refractivity contribution is 7.12. The first-order chi connectivity index (χ1) is 14.4. The van der Waals surface area contributed by atoms with Gasteiger partial charge >= 0.3 is 0 Å². The molecular formula is C22H21N3O4S. The molecule has 30 heavy (non-hydrogen) atoms. The van der Waals surface area contributed by atoms with E-state index < -0.39 is 0 Å². The summed E-state index contributed by atoms with van der Waals surface area (Å²) in [6, 6.07) is 9.04. The van der Waals surface area contributed by atoms with Gasteiger partial charge in [-0.1, -0.05) is 5.16 Å². The number of rotatable bonds is 5. The second kappa shape index (κ2) is 7.79. The Hall–Kier alpha value is -3.39. The van der Waals surface area contributed by atoms with Crippen molar-refractivity contribution in [3.05, 3.63) is 51.3 Å². The summed E-state index contributed by atoms with van der Waals surface area (Å²) in [5.74, 6) is 0.862. The number of thiophene rings is 1. The highest BCUT2D eigenvalue weighted by Gasteiger charge is 2.21. The highest BCUT2D eigenvalue weighted by atomic mass is 32.1. The van der Waals surface area contributed by atoms with Gasteiger partial charge in [-0.25, -0.2) is 4.98 Å². The topological polar surface area (TPSA) is 86.5 Å². The lowest BCUT2D eigenvalue weighted by Crippen LogP contribution is -2.13. The molecule has 0 saturated carbocycles. The van der Waals surface area contributed by atoms with E-state index in [1.54, 1.807) is 56.7 Å². The van der Waals surface area contributed by atoms with Crippen molar-refractivity contribution in [1.29, 1.82) is 0 Å². The second-order valence-electron chi connectivity index (χ2n) is 6.89. The number of pyridine rings is 1. The number of aromatic nitrogens is 2. The smallest absolute Gasteiger partial charge is 0.259 e. The third kappa shape index (κ3) is 3.61. The van der Waals surface area contributed by atoms with E-state index in [1.165, 1.54) is 4.88 Å². The number of benzene rings is 1. The van der Waals surface area contributed by atoms with Crippen LogP contribution in [0.2, 0.25) is 0 Å². The number of amides is 1. The van der Waals surface area contributed by atoms with Crippen molar-refractivity contribution in [1.82, 2.24) is 10.1 Å². The number of hydrogen-bond acceptors (Lipinski definition) is 7. The molecule has 1 N–H and O–H groups in total. The summed E-state index contributed by atoms with van der Waals surface area (Å²) in [6.07, 6.45) is 0. The average Bonchev–Trinajstić information content (AvgIpc) is 3.28. The van der Waals surface area contributed by atoms with Gasteiger partial charge in [0.15, 0.2) is 0 Å². The van der Waals surface area contributed by atoms with Crippen molar-refractivity contribution < 1.29 is 18.8 Å². The van der Waals surface area contributed by atoms with Gasteiger partial charge in [0.25, 0.3) is 11.6 Å². The van der Waals surface area contributed by atoms with E-state index in [4.69, 9.17) is 14.0 Å². The first-order valence-electron chi connectivity index (χ1n) is 9.28. The van der Waals surface area contributed by atoms with Crippen LogP contribution in [-0.2, 0) is 0 Å². The van der Waals surface area contributed by atoms with Gasteiger partial charge < -0.3 is 19.3 Å². The number of carbonyl (C=O) groups excluding carboxylic acids is 1. The number of carbonyl (C=O) groups is 1. The van der Waals surface area contributed by atoms with E-state index >= 15 is 0 Å². The van der Waals surface area contributed by atoms with Crippen LogP contribution >= 0.6 is 11.3 Å². The average molecular weight is 423 g/mol. The van der Waals surface area contributed by atoms with Crippen molar-refractivity contribution >= 4 is 34.0 Å². The van der Waals surface area contributed by atoms with Crippen LogP contribution in [0.4, 0.5) is 5.69 Å². The maximum atomic E-state index is 13.3. The number of anilines is 1. The van der Waals surface area contributed by atoms with Crippen LogP contribution in [0.15, 0.2) is 34.9 Å². The summed E-state index contributed by atoms with van der Waals surface area (Å²) in [5.41, 5.74) is 3.59. The first kappa shape index (κ1) is 19.9. The molecule has 0 aliphatic carbocycles. The number of nitrogens with zero attached hydrogens (tertiary/aromatic N) is 2. The molecule has 0 unspecified atom stereocenters. The molecule has 0 aliphatic heterocycles. The molecule has 0 radical (unpaired) electrons. The lowest BCUT2D eigenvalue weighted by atomic mass is 10.1. The molecule has 0 atom stereocenters. The number of aryl methyl sites for hydroxylation is 3. The van der Waals surface area contributed by atoms with E-state index in [0.717, 1.165) is 10.4 Å². The molecule has 0 saturated heterocycles. The Bertz CT molecular complexity index is 1240. The zero-order valence-electron chi connectivity index (χ0n) is 17.3. The lowest BCUT2D eigenvalue weighted by Gasteiger charge is -2.11. The fraction of sp³-hybridized carbons (Fsp3) is 0.227. The van der Waals surface area contributed by atoms with E-state index in [9.17, 15) is 4.79 Å². The van der Waals surface area contributed by atoms with Crippen molar-refractivity contribution in [2.24, 2.45) is 0 Å². The maximum Gasteiger partial charge on any atom is 0.259 e. The summed E-state index contributed by atoms with van der Waals surface area (Å²) in [4.78, 5) is 20.2. The third-order valence-electron chi connectivity index (χ3n) is 4.79.